The van der Waals surface area contributed by atoms with E-state index in [2.05, 4.69) is 12.1 Å². The Bertz CT molecular complexity index is 516. The molecule has 1 aliphatic heterocycles. The van der Waals surface area contributed by atoms with E-state index in [-0.39, 0.29) is 30.4 Å². The van der Waals surface area contributed by atoms with Crippen LogP contribution < -0.4 is 5.73 Å². The third kappa shape index (κ3) is 3.24. The quantitative estimate of drug-likeness (QED) is 0.913. The first-order valence-corrected chi connectivity index (χ1v) is 7.85. The number of hydrogen-bond acceptors (Lipinski definition) is 2. The summed E-state index contributed by atoms with van der Waals surface area (Å²) < 4.78 is 0. The minimum atomic E-state index is 0. The minimum absolute atomic E-state index is 0. The maximum absolute atomic E-state index is 12.8. The lowest BCUT2D eigenvalue weighted by Gasteiger charge is -2.38. The molecule has 2 atom stereocenters. The van der Waals surface area contributed by atoms with Crippen molar-refractivity contribution in [3.8, 4) is 0 Å². The molecule has 2 unspecified atom stereocenters. The molecule has 116 valence electrons. The van der Waals surface area contributed by atoms with E-state index in [1.165, 1.54) is 24.0 Å². The highest BCUT2D eigenvalue weighted by Crippen LogP contribution is 2.26. The topological polar surface area (TPSA) is 46.3 Å². The minimum Gasteiger partial charge on any atom is -0.334 e. The summed E-state index contributed by atoms with van der Waals surface area (Å²) in [5.41, 5.74) is 9.70. The fourth-order valence-corrected chi connectivity index (χ4v) is 3.63. The number of carbonyl (C=O) groups is 1. The number of carbonyl (C=O) groups excluding carboxylic acids is 1. The van der Waals surface area contributed by atoms with Crippen LogP contribution in [0.3, 0.4) is 0 Å². The highest BCUT2D eigenvalue weighted by Gasteiger charge is 2.30. The molecule has 1 heterocycles. The lowest BCUT2D eigenvalue weighted by Crippen LogP contribution is -2.51. The smallest absolute Gasteiger partial charge is 0.254 e. The molecule has 0 bridgehead atoms. The van der Waals surface area contributed by atoms with Crippen LogP contribution >= 0.6 is 12.4 Å². The van der Waals surface area contributed by atoms with Crippen molar-refractivity contribution in [2.45, 2.75) is 57.5 Å². The molecule has 1 fully saturated rings. The summed E-state index contributed by atoms with van der Waals surface area (Å²) in [6, 6.07) is 6.50. The normalized spacial score (nSPS) is 22.4. The van der Waals surface area contributed by atoms with Gasteiger partial charge in [0.25, 0.3) is 5.91 Å². The Morgan fingerprint density at radius 1 is 1.24 bits per heavy atom. The van der Waals surface area contributed by atoms with Gasteiger partial charge in [0.15, 0.2) is 0 Å². The molecule has 0 saturated carbocycles. The van der Waals surface area contributed by atoms with E-state index in [0.29, 0.717) is 0 Å². The summed E-state index contributed by atoms with van der Waals surface area (Å²) in [6.07, 6.45) is 6.82. The second-order valence-corrected chi connectivity index (χ2v) is 6.26. The summed E-state index contributed by atoms with van der Waals surface area (Å²) in [5.74, 6) is 0.168. The summed E-state index contributed by atoms with van der Waals surface area (Å²) in [6.45, 7) is 2.86. The number of hydrogen-bond donors (Lipinski definition) is 1. The summed E-state index contributed by atoms with van der Waals surface area (Å²) in [4.78, 5) is 14.8. The highest BCUT2D eigenvalue weighted by molar-refractivity contribution is 5.95. The van der Waals surface area contributed by atoms with Gasteiger partial charge in [-0.3, -0.25) is 4.79 Å². The Kier molecular flexibility index (Phi) is 5.28. The van der Waals surface area contributed by atoms with Crippen LogP contribution in [0.4, 0.5) is 0 Å². The third-order valence-corrected chi connectivity index (χ3v) is 4.76. The molecule has 3 nitrogen and oxygen atoms in total. The zero-order valence-corrected chi connectivity index (χ0v) is 13.5. The SMILES string of the molecule is CC(N)C1CCCCN1C(=O)c1ccc2c(c1)CCC2.Cl. The summed E-state index contributed by atoms with van der Waals surface area (Å²) in [5, 5.41) is 0. The zero-order valence-electron chi connectivity index (χ0n) is 12.7. The molecule has 0 spiro atoms. The summed E-state index contributed by atoms with van der Waals surface area (Å²) >= 11 is 0. The number of likely N-dealkylation sites (tertiary alicyclic amines) is 1. The van der Waals surface area contributed by atoms with Crippen LogP contribution in [0.5, 0.6) is 0 Å². The van der Waals surface area contributed by atoms with Crippen molar-refractivity contribution in [3.63, 3.8) is 0 Å². The average molecular weight is 309 g/mol. The second-order valence-electron chi connectivity index (χ2n) is 6.26. The van der Waals surface area contributed by atoms with Crippen LogP contribution in [-0.2, 0) is 12.8 Å². The molecule has 0 radical (unpaired) electrons. The Hall–Kier alpha value is -1.06. The van der Waals surface area contributed by atoms with Gasteiger partial charge in [-0.1, -0.05) is 6.07 Å². The molecule has 2 N–H and O–H groups in total. The number of nitrogens with two attached hydrogens (primary N) is 1. The molecule has 1 amide bonds. The number of nitrogens with zero attached hydrogens (tertiary/aromatic N) is 1. The first kappa shape index (κ1) is 16.3. The fourth-order valence-electron chi connectivity index (χ4n) is 3.63. The molecule has 4 heteroatoms. The number of halogens is 1. The van der Waals surface area contributed by atoms with Gasteiger partial charge < -0.3 is 10.6 Å². The van der Waals surface area contributed by atoms with Crippen LogP contribution in [0.15, 0.2) is 18.2 Å². The molecular weight excluding hydrogens is 284 g/mol. The molecule has 1 aromatic carbocycles. The molecule has 1 aliphatic carbocycles. The van der Waals surface area contributed by atoms with E-state index < -0.39 is 0 Å². The van der Waals surface area contributed by atoms with Crippen molar-refractivity contribution < 1.29 is 4.79 Å². The van der Waals surface area contributed by atoms with Gasteiger partial charge in [-0.2, -0.15) is 0 Å². The van der Waals surface area contributed by atoms with Crippen molar-refractivity contribution in [1.82, 2.24) is 4.90 Å². The average Bonchev–Trinajstić information content (AvgIpc) is 2.93. The third-order valence-electron chi connectivity index (χ3n) is 4.76. The van der Waals surface area contributed by atoms with E-state index in [4.69, 9.17) is 5.73 Å². The van der Waals surface area contributed by atoms with E-state index in [0.717, 1.165) is 37.8 Å². The van der Waals surface area contributed by atoms with Gasteiger partial charge in [0.1, 0.15) is 0 Å². The Morgan fingerprint density at radius 3 is 2.76 bits per heavy atom. The van der Waals surface area contributed by atoms with Crippen LogP contribution in [0, 0.1) is 0 Å². The van der Waals surface area contributed by atoms with Gasteiger partial charge in [0.2, 0.25) is 0 Å². The zero-order chi connectivity index (χ0) is 14.1. The van der Waals surface area contributed by atoms with Gasteiger partial charge in [-0.05, 0) is 68.7 Å². The molecule has 1 saturated heterocycles. The standard InChI is InChI=1S/C17H24N2O.ClH/c1-12(18)16-7-2-3-10-19(16)17(20)15-9-8-13-5-4-6-14(13)11-15;/h8-9,11-12,16H,2-7,10,18H2,1H3;1H. The number of rotatable bonds is 2. The van der Waals surface area contributed by atoms with Crippen molar-refractivity contribution in [2.75, 3.05) is 6.54 Å². The molecule has 0 aromatic heterocycles. The van der Waals surface area contributed by atoms with Crippen LogP contribution in [0.1, 0.15) is 54.1 Å². The van der Waals surface area contributed by atoms with Crippen molar-refractivity contribution >= 4 is 18.3 Å². The maximum atomic E-state index is 12.8. The molecular formula is C17H25ClN2O. The molecule has 21 heavy (non-hydrogen) atoms. The van der Waals surface area contributed by atoms with E-state index in [1.54, 1.807) is 0 Å². The monoisotopic (exact) mass is 308 g/mol. The number of amides is 1. The van der Waals surface area contributed by atoms with E-state index >= 15 is 0 Å². The van der Waals surface area contributed by atoms with Crippen molar-refractivity contribution in [2.24, 2.45) is 5.73 Å². The largest absolute Gasteiger partial charge is 0.334 e. The number of aryl methyl sites for hydroxylation is 2. The van der Waals surface area contributed by atoms with E-state index in [1.807, 2.05) is 17.9 Å². The molecule has 1 aromatic rings. The van der Waals surface area contributed by atoms with Crippen molar-refractivity contribution in [3.05, 3.63) is 34.9 Å². The van der Waals surface area contributed by atoms with Gasteiger partial charge in [-0.15, -0.1) is 12.4 Å². The Balaban J connectivity index is 0.00000161. The molecule has 3 rings (SSSR count). The maximum Gasteiger partial charge on any atom is 0.254 e. The second kappa shape index (κ2) is 6.80. The van der Waals surface area contributed by atoms with Gasteiger partial charge in [-0.25, -0.2) is 0 Å². The lowest BCUT2D eigenvalue weighted by atomic mass is 9.95. The number of benzene rings is 1. The van der Waals surface area contributed by atoms with Crippen LogP contribution in [0.2, 0.25) is 0 Å². The Morgan fingerprint density at radius 2 is 2.00 bits per heavy atom. The summed E-state index contributed by atoms with van der Waals surface area (Å²) in [7, 11) is 0. The van der Waals surface area contributed by atoms with Crippen LogP contribution in [-0.4, -0.2) is 29.4 Å². The van der Waals surface area contributed by atoms with Gasteiger partial charge in [0, 0.05) is 24.2 Å². The van der Waals surface area contributed by atoms with Crippen molar-refractivity contribution in [1.29, 1.82) is 0 Å². The Labute approximate surface area is 133 Å². The van der Waals surface area contributed by atoms with Gasteiger partial charge in [0.05, 0.1) is 0 Å². The predicted molar refractivity (Wildman–Crippen MR) is 88.0 cm³/mol. The number of fused-ring (bicyclic) bond motifs is 1. The first-order chi connectivity index (χ1) is 9.66. The first-order valence-electron chi connectivity index (χ1n) is 7.85. The lowest BCUT2D eigenvalue weighted by molar-refractivity contribution is 0.0583. The van der Waals surface area contributed by atoms with Crippen LogP contribution in [0.25, 0.3) is 0 Å². The van der Waals surface area contributed by atoms with Gasteiger partial charge >= 0.3 is 0 Å². The number of piperidine rings is 1. The predicted octanol–water partition coefficient (Wildman–Crippen LogP) is 2.94. The highest BCUT2D eigenvalue weighted by atomic mass is 35.5. The fraction of sp³-hybridized carbons (Fsp3) is 0.588. The van der Waals surface area contributed by atoms with E-state index in [9.17, 15) is 4.79 Å². The molecule has 2 aliphatic rings.